The second-order valence-electron chi connectivity index (χ2n) is 6.56. The van der Waals surface area contributed by atoms with E-state index in [4.69, 9.17) is 0 Å². The molecule has 0 bridgehead atoms. The Morgan fingerprint density at radius 3 is 2.50 bits per heavy atom. The Morgan fingerprint density at radius 1 is 1.29 bits per heavy atom. The number of nitrogens with zero attached hydrogens (tertiary/aromatic N) is 2. The van der Waals surface area contributed by atoms with E-state index in [0.29, 0.717) is 11.5 Å². The molecule has 24 heavy (non-hydrogen) atoms. The highest BCUT2D eigenvalue weighted by molar-refractivity contribution is 6.05. The van der Waals surface area contributed by atoms with Crippen LogP contribution in [0.5, 0.6) is 0 Å². The maximum atomic E-state index is 14.3. The number of aryl methyl sites for hydroxylation is 2. The number of benzene rings is 1. The number of nitrogens with one attached hydrogen (secondary N) is 1. The van der Waals surface area contributed by atoms with Gasteiger partial charge in [-0.25, -0.2) is 9.07 Å². The van der Waals surface area contributed by atoms with Crippen molar-refractivity contribution in [3.05, 3.63) is 46.8 Å². The van der Waals surface area contributed by atoms with Gasteiger partial charge in [0.2, 0.25) is 5.95 Å². The van der Waals surface area contributed by atoms with Gasteiger partial charge in [-0.05, 0) is 36.8 Å². The second-order valence-corrected chi connectivity index (χ2v) is 6.56. The Hall–Kier alpha value is -2.24. The van der Waals surface area contributed by atoms with Gasteiger partial charge in [-0.2, -0.15) is 9.49 Å². The van der Waals surface area contributed by atoms with Gasteiger partial charge in [0.1, 0.15) is 11.4 Å². The van der Waals surface area contributed by atoms with Gasteiger partial charge in [0.15, 0.2) is 0 Å². The minimum atomic E-state index is -0.738. The highest BCUT2D eigenvalue weighted by Crippen LogP contribution is 2.31. The van der Waals surface area contributed by atoms with Crippen LogP contribution < -0.4 is 5.32 Å². The molecule has 1 N–H and O–H groups in total. The van der Waals surface area contributed by atoms with Crippen molar-refractivity contribution in [2.24, 2.45) is 13.0 Å². The molecule has 1 aromatic carbocycles. The number of para-hydroxylation sites is 1. The van der Waals surface area contributed by atoms with Crippen LogP contribution in [0.3, 0.4) is 0 Å². The summed E-state index contributed by atoms with van der Waals surface area (Å²) >= 11 is 0. The lowest BCUT2D eigenvalue weighted by atomic mass is 9.90. The van der Waals surface area contributed by atoms with Crippen molar-refractivity contribution in [3.63, 3.8) is 0 Å². The van der Waals surface area contributed by atoms with Crippen LogP contribution in [0, 0.1) is 24.6 Å². The molecule has 4 nitrogen and oxygen atoms in total. The van der Waals surface area contributed by atoms with Crippen LogP contribution >= 0.6 is 0 Å². The average Bonchev–Trinajstić information content (AvgIpc) is 2.73. The molecule has 1 unspecified atom stereocenters. The van der Waals surface area contributed by atoms with Gasteiger partial charge < -0.3 is 5.32 Å². The summed E-state index contributed by atoms with van der Waals surface area (Å²) < 4.78 is 29.3. The fourth-order valence-corrected chi connectivity index (χ4v) is 2.98. The first kappa shape index (κ1) is 18.1. The molecule has 1 heterocycles. The van der Waals surface area contributed by atoms with E-state index in [0.717, 1.165) is 11.1 Å². The van der Waals surface area contributed by atoms with E-state index in [9.17, 15) is 13.6 Å². The molecule has 2 rings (SSSR count). The third-order valence-electron chi connectivity index (χ3n) is 4.02. The first-order valence-electron chi connectivity index (χ1n) is 8.01. The number of aromatic nitrogens is 2. The van der Waals surface area contributed by atoms with Crippen molar-refractivity contribution < 1.29 is 13.6 Å². The topological polar surface area (TPSA) is 46.9 Å². The molecule has 1 amide bonds. The zero-order valence-corrected chi connectivity index (χ0v) is 14.7. The zero-order chi connectivity index (χ0) is 18.0. The highest BCUT2D eigenvalue weighted by Gasteiger charge is 2.23. The van der Waals surface area contributed by atoms with Crippen LogP contribution in [0.25, 0.3) is 0 Å². The van der Waals surface area contributed by atoms with Crippen LogP contribution in [0.1, 0.15) is 54.7 Å². The van der Waals surface area contributed by atoms with Crippen molar-refractivity contribution in [3.8, 4) is 0 Å². The highest BCUT2D eigenvalue weighted by atomic mass is 19.1. The van der Waals surface area contributed by atoms with Crippen molar-refractivity contribution in [1.29, 1.82) is 0 Å². The summed E-state index contributed by atoms with van der Waals surface area (Å²) in [7, 11) is 1.42. The van der Waals surface area contributed by atoms with E-state index in [1.54, 1.807) is 19.1 Å². The number of carbonyl (C=O) groups excluding carboxylic acids is 1. The van der Waals surface area contributed by atoms with Crippen LogP contribution in [-0.2, 0) is 7.05 Å². The minimum Gasteiger partial charge on any atom is -0.319 e. The number of carbonyl (C=O) groups is 1. The maximum absolute atomic E-state index is 14.3. The molecule has 0 aliphatic rings. The molecule has 1 aromatic heterocycles. The van der Waals surface area contributed by atoms with Crippen molar-refractivity contribution >= 4 is 11.6 Å². The van der Waals surface area contributed by atoms with Gasteiger partial charge in [0.25, 0.3) is 5.91 Å². The van der Waals surface area contributed by atoms with Crippen LogP contribution in [0.4, 0.5) is 14.5 Å². The summed E-state index contributed by atoms with van der Waals surface area (Å²) in [6, 6.07) is 4.69. The van der Waals surface area contributed by atoms with Crippen LogP contribution in [0.2, 0.25) is 0 Å². The van der Waals surface area contributed by atoms with Crippen LogP contribution in [0.15, 0.2) is 18.2 Å². The molecule has 0 saturated heterocycles. The van der Waals surface area contributed by atoms with E-state index in [-0.39, 0.29) is 22.9 Å². The predicted octanol–water partition coefficient (Wildman–Crippen LogP) is 4.41. The SMILES string of the molecule is Cc1nn(C)c(F)c1C(=O)Nc1c(F)cccc1C(C)CC(C)C. The maximum Gasteiger partial charge on any atom is 0.262 e. The summed E-state index contributed by atoms with van der Waals surface area (Å²) in [6.45, 7) is 7.70. The normalized spacial score (nSPS) is 12.5. The average molecular weight is 335 g/mol. The number of amides is 1. The Kier molecular flexibility index (Phi) is 5.36. The van der Waals surface area contributed by atoms with E-state index < -0.39 is 17.7 Å². The van der Waals surface area contributed by atoms with Gasteiger partial charge in [0.05, 0.1) is 11.4 Å². The van der Waals surface area contributed by atoms with Crippen molar-refractivity contribution in [2.75, 3.05) is 5.32 Å². The minimum absolute atomic E-state index is 0.0656. The molecule has 0 spiro atoms. The Labute approximate surface area is 140 Å². The lowest BCUT2D eigenvalue weighted by Crippen LogP contribution is -2.17. The van der Waals surface area contributed by atoms with Gasteiger partial charge in [-0.15, -0.1) is 0 Å². The smallest absolute Gasteiger partial charge is 0.262 e. The summed E-state index contributed by atoms with van der Waals surface area (Å²) in [5.41, 5.74) is 0.918. The molecule has 0 aliphatic carbocycles. The number of halogens is 2. The quantitative estimate of drug-likeness (QED) is 0.880. The molecule has 0 aliphatic heterocycles. The van der Waals surface area contributed by atoms with E-state index in [1.807, 2.05) is 6.92 Å². The molecule has 0 radical (unpaired) electrons. The molecular weight excluding hydrogens is 312 g/mol. The lowest BCUT2D eigenvalue weighted by molar-refractivity contribution is 0.102. The molecular formula is C18H23F2N3O. The fraction of sp³-hybridized carbons (Fsp3) is 0.444. The zero-order valence-electron chi connectivity index (χ0n) is 14.7. The Morgan fingerprint density at radius 2 is 1.96 bits per heavy atom. The standard InChI is InChI=1S/C18H23F2N3O/c1-10(2)9-11(3)13-7-6-8-14(19)16(13)21-18(24)15-12(4)22-23(5)17(15)20/h6-8,10-11H,9H2,1-5H3,(H,21,24). The first-order valence-corrected chi connectivity index (χ1v) is 8.01. The van der Waals surface area contributed by atoms with Crippen molar-refractivity contribution in [2.45, 2.75) is 40.0 Å². The number of rotatable bonds is 5. The number of hydrogen-bond acceptors (Lipinski definition) is 2. The first-order chi connectivity index (χ1) is 11.2. The molecule has 130 valence electrons. The summed E-state index contributed by atoms with van der Waals surface area (Å²) in [4.78, 5) is 12.4. The van der Waals surface area contributed by atoms with Gasteiger partial charge in [0, 0.05) is 7.05 Å². The van der Waals surface area contributed by atoms with Gasteiger partial charge in [-0.3, -0.25) is 4.79 Å². The molecule has 1 atom stereocenters. The number of hydrogen-bond donors (Lipinski definition) is 1. The van der Waals surface area contributed by atoms with Gasteiger partial charge in [-0.1, -0.05) is 32.9 Å². The van der Waals surface area contributed by atoms with Crippen LogP contribution in [-0.4, -0.2) is 15.7 Å². The summed E-state index contributed by atoms with van der Waals surface area (Å²) in [5, 5.41) is 6.42. The lowest BCUT2D eigenvalue weighted by Gasteiger charge is -2.19. The Bertz CT molecular complexity index is 753. The summed E-state index contributed by atoms with van der Waals surface area (Å²) in [6.07, 6.45) is 0.854. The monoisotopic (exact) mass is 335 g/mol. The molecule has 2 aromatic rings. The van der Waals surface area contributed by atoms with Crippen molar-refractivity contribution in [1.82, 2.24) is 9.78 Å². The third kappa shape index (κ3) is 3.63. The van der Waals surface area contributed by atoms with E-state index >= 15 is 0 Å². The van der Waals surface area contributed by atoms with Gasteiger partial charge >= 0.3 is 0 Å². The number of anilines is 1. The predicted molar refractivity (Wildman–Crippen MR) is 90.1 cm³/mol. The fourth-order valence-electron chi connectivity index (χ4n) is 2.98. The molecule has 0 fully saturated rings. The van der Waals surface area contributed by atoms with E-state index in [2.05, 4.69) is 24.3 Å². The largest absolute Gasteiger partial charge is 0.319 e. The molecule has 0 saturated carbocycles. The summed E-state index contributed by atoms with van der Waals surface area (Å²) in [5.74, 6) is -1.46. The molecule has 6 heteroatoms. The second kappa shape index (κ2) is 7.11. The Balaban J connectivity index is 2.37. The third-order valence-corrected chi connectivity index (χ3v) is 4.02. The van der Waals surface area contributed by atoms with E-state index in [1.165, 1.54) is 13.1 Å².